The molecule has 2 aromatic heterocycles. The standard InChI is InChI=1S/C18H20N6O/c1-13(24-10-9-20-14(24)2)15-3-5-16(6-4-15)23-18(25)21-11-17-7-8-19-12-22-17/h3-10,12-13H,11H2,1-2H3,(H2,21,23,25)/t13-/m0/s1. The molecule has 0 unspecified atom stereocenters. The molecule has 0 aliphatic rings. The number of nitrogens with zero attached hydrogens (tertiary/aromatic N) is 4. The van der Waals surface area contributed by atoms with Gasteiger partial charge in [-0.1, -0.05) is 12.1 Å². The van der Waals surface area contributed by atoms with E-state index in [0.29, 0.717) is 6.54 Å². The summed E-state index contributed by atoms with van der Waals surface area (Å²) >= 11 is 0. The Balaban J connectivity index is 1.57. The fourth-order valence-electron chi connectivity index (χ4n) is 2.57. The third-order valence-electron chi connectivity index (χ3n) is 4.00. The molecule has 1 atom stereocenters. The van der Waals surface area contributed by atoms with Crippen LogP contribution in [0.3, 0.4) is 0 Å². The fraction of sp³-hybridized carbons (Fsp3) is 0.222. The van der Waals surface area contributed by atoms with Gasteiger partial charge in [0.15, 0.2) is 0 Å². The quantitative estimate of drug-likeness (QED) is 0.750. The van der Waals surface area contributed by atoms with Crippen LogP contribution in [0.1, 0.15) is 30.0 Å². The van der Waals surface area contributed by atoms with Crippen LogP contribution >= 0.6 is 0 Å². The SMILES string of the molecule is Cc1nccn1[C@@H](C)c1ccc(NC(=O)NCc2ccncn2)cc1. The average Bonchev–Trinajstić information content (AvgIpc) is 3.07. The predicted molar refractivity (Wildman–Crippen MR) is 95.1 cm³/mol. The van der Waals surface area contributed by atoms with E-state index in [4.69, 9.17) is 0 Å². The van der Waals surface area contributed by atoms with Crippen molar-refractivity contribution in [2.24, 2.45) is 0 Å². The maximum absolute atomic E-state index is 12.0. The van der Waals surface area contributed by atoms with Crippen molar-refractivity contribution in [2.75, 3.05) is 5.32 Å². The first-order valence-electron chi connectivity index (χ1n) is 8.02. The molecule has 0 radical (unpaired) electrons. The molecule has 0 fully saturated rings. The van der Waals surface area contributed by atoms with E-state index in [1.165, 1.54) is 6.33 Å². The van der Waals surface area contributed by atoms with Crippen LogP contribution in [0.25, 0.3) is 0 Å². The number of carbonyl (C=O) groups is 1. The van der Waals surface area contributed by atoms with Crippen molar-refractivity contribution in [3.63, 3.8) is 0 Å². The molecule has 0 saturated carbocycles. The molecule has 0 aliphatic carbocycles. The minimum Gasteiger partial charge on any atom is -0.332 e. The molecule has 25 heavy (non-hydrogen) atoms. The van der Waals surface area contributed by atoms with Crippen LogP contribution in [0.4, 0.5) is 10.5 Å². The summed E-state index contributed by atoms with van der Waals surface area (Å²) in [6.45, 7) is 4.45. The predicted octanol–water partition coefficient (Wildman–Crippen LogP) is 2.91. The first-order chi connectivity index (χ1) is 12.1. The second-order valence-corrected chi connectivity index (χ2v) is 5.69. The minimum atomic E-state index is -0.273. The van der Waals surface area contributed by atoms with E-state index < -0.39 is 0 Å². The Labute approximate surface area is 146 Å². The molecule has 2 amide bonds. The Hall–Kier alpha value is -3.22. The highest BCUT2D eigenvalue weighted by Crippen LogP contribution is 2.21. The van der Waals surface area contributed by atoms with E-state index in [9.17, 15) is 4.79 Å². The third-order valence-corrected chi connectivity index (χ3v) is 4.00. The van der Waals surface area contributed by atoms with Crippen molar-refractivity contribution >= 4 is 11.7 Å². The van der Waals surface area contributed by atoms with Gasteiger partial charge >= 0.3 is 6.03 Å². The van der Waals surface area contributed by atoms with Gasteiger partial charge in [-0.05, 0) is 37.6 Å². The van der Waals surface area contributed by atoms with Gasteiger partial charge < -0.3 is 15.2 Å². The zero-order valence-electron chi connectivity index (χ0n) is 14.2. The minimum absolute atomic E-state index is 0.183. The van der Waals surface area contributed by atoms with Gasteiger partial charge in [0.1, 0.15) is 12.2 Å². The second-order valence-electron chi connectivity index (χ2n) is 5.69. The Morgan fingerprint density at radius 1 is 1.16 bits per heavy atom. The van der Waals surface area contributed by atoms with Crippen molar-refractivity contribution in [2.45, 2.75) is 26.4 Å². The topological polar surface area (TPSA) is 84.7 Å². The van der Waals surface area contributed by atoms with Crippen LogP contribution in [-0.2, 0) is 6.54 Å². The molecule has 0 spiro atoms. The summed E-state index contributed by atoms with van der Waals surface area (Å²) in [7, 11) is 0. The van der Waals surface area contributed by atoms with Crippen molar-refractivity contribution in [1.29, 1.82) is 0 Å². The van der Waals surface area contributed by atoms with E-state index in [1.54, 1.807) is 18.5 Å². The van der Waals surface area contributed by atoms with E-state index in [0.717, 1.165) is 22.8 Å². The maximum atomic E-state index is 12.0. The summed E-state index contributed by atoms with van der Waals surface area (Å²) < 4.78 is 2.11. The number of rotatable bonds is 5. The van der Waals surface area contributed by atoms with E-state index in [-0.39, 0.29) is 12.1 Å². The summed E-state index contributed by atoms with van der Waals surface area (Å²) in [6.07, 6.45) is 6.86. The van der Waals surface area contributed by atoms with E-state index in [2.05, 4.69) is 37.1 Å². The Morgan fingerprint density at radius 2 is 1.96 bits per heavy atom. The van der Waals surface area contributed by atoms with Gasteiger partial charge in [-0.3, -0.25) is 0 Å². The van der Waals surface area contributed by atoms with Gasteiger partial charge in [-0.2, -0.15) is 0 Å². The number of imidazole rings is 1. The molecule has 7 nitrogen and oxygen atoms in total. The third kappa shape index (κ3) is 4.20. The number of amides is 2. The first kappa shape index (κ1) is 16.6. The van der Waals surface area contributed by atoms with Gasteiger partial charge in [0.05, 0.1) is 18.3 Å². The zero-order valence-corrected chi connectivity index (χ0v) is 14.2. The number of nitrogens with one attached hydrogen (secondary N) is 2. The van der Waals surface area contributed by atoms with Gasteiger partial charge in [0.2, 0.25) is 0 Å². The normalized spacial score (nSPS) is 11.8. The van der Waals surface area contributed by atoms with Crippen LogP contribution in [0.2, 0.25) is 0 Å². The fourth-order valence-corrected chi connectivity index (χ4v) is 2.57. The van der Waals surface area contributed by atoms with Gasteiger partial charge in [-0.25, -0.2) is 19.7 Å². The highest BCUT2D eigenvalue weighted by molar-refractivity contribution is 5.89. The van der Waals surface area contributed by atoms with Crippen LogP contribution < -0.4 is 10.6 Å². The molecule has 128 valence electrons. The first-order valence-corrected chi connectivity index (χ1v) is 8.02. The highest BCUT2D eigenvalue weighted by atomic mass is 16.2. The number of carbonyl (C=O) groups excluding carboxylic acids is 1. The number of hydrogen-bond donors (Lipinski definition) is 2. The van der Waals surface area contributed by atoms with Gasteiger partial charge in [0, 0.05) is 24.3 Å². The zero-order chi connectivity index (χ0) is 17.6. The van der Waals surface area contributed by atoms with Gasteiger partial charge in [0.25, 0.3) is 0 Å². The van der Waals surface area contributed by atoms with Crippen molar-refractivity contribution in [3.05, 3.63) is 72.3 Å². The van der Waals surface area contributed by atoms with Crippen LogP contribution in [0.15, 0.2) is 55.2 Å². The Bertz CT molecular complexity index is 828. The lowest BCUT2D eigenvalue weighted by Crippen LogP contribution is -2.28. The number of anilines is 1. The summed E-state index contributed by atoms with van der Waals surface area (Å²) in [5, 5.41) is 5.57. The largest absolute Gasteiger partial charge is 0.332 e. The lowest BCUT2D eigenvalue weighted by Gasteiger charge is -2.16. The molecule has 2 heterocycles. The van der Waals surface area contributed by atoms with Crippen LogP contribution in [-0.4, -0.2) is 25.6 Å². The summed E-state index contributed by atoms with van der Waals surface area (Å²) in [5.41, 5.74) is 2.64. The number of urea groups is 1. The van der Waals surface area contributed by atoms with Crippen LogP contribution in [0.5, 0.6) is 0 Å². The lowest BCUT2D eigenvalue weighted by atomic mass is 10.1. The molecule has 2 N–H and O–H groups in total. The second kappa shape index (κ2) is 7.57. The highest BCUT2D eigenvalue weighted by Gasteiger charge is 2.10. The molecule has 0 saturated heterocycles. The van der Waals surface area contributed by atoms with E-state index in [1.807, 2.05) is 37.4 Å². The molecule has 0 aliphatic heterocycles. The molecule has 3 rings (SSSR count). The van der Waals surface area contributed by atoms with Gasteiger partial charge in [-0.15, -0.1) is 0 Å². The molecule has 0 bridgehead atoms. The average molecular weight is 336 g/mol. The number of aryl methyl sites for hydroxylation is 1. The molecule has 7 heteroatoms. The smallest absolute Gasteiger partial charge is 0.319 e. The number of benzene rings is 1. The summed E-state index contributed by atoms with van der Waals surface area (Å²) in [5.74, 6) is 0.971. The van der Waals surface area contributed by atoms with Crippen molar-refractivity contribution < 1.29 is 4.79 Å². The molecular weight excluding hydrogens is 316 g/mol. The molecule has 3 aromatic rings. The summed E-state index contributed by atoms with van der Waals surface area (Å²) in [4.78, 5) is 24.1. The van der Waals surface area contributed by atoms with Crippen molar-refractivity contribution in [3.8, 4) is 0 Å². The Kier molecular flexibility index (Phi) is 5.03. The summed E-state index contributed by atoms with van der Waals surface area (Å²) in [6, 6.07) is 9.46. The van der Waals surface area contributed by atoms with Crippen LogP contribution in [0, 0.1) is 6.92 Å². The molecule has 1 aromatic carbocycles. The Morgan fingerprint density at radius 3 is 2.60 bits per heavy atom. The molecular formula is C18H20N6O. The van der Waals surface area contributed by atoms with E-state index >= 15 is 0 Å². The lowest BCUT2D eigenvalue weighted by molar-refractivity contribution is 0.251. The van der Waals surface area contributed by atoms with Crippen molar-refractivity contribution in [1.82, 2.24) is 24.8 Å². The monoisotopic (exact) mass is 336 g/mol. The number of hydrogen-bond acceptors (Lipinski definition) is 4. The maximum Gasteiger partial charge on any atom is 0.319 e. The number of aromatic nitrogens is 4.